The SMILES string of the molecule is O=C(O)c1cc(NC(=O)C2(c3ccc(OC(F)(F)F)cc3F)CC2)cc(F)c1-c1cnn(CC2CC2)c1. The van der Waals surface area contributed by atoms with Crippen LogP contribution in [0, 0.1) is 17.6 Å². The van der Waals surface area contributed by atoms with Crippen LogP contribution in [-0.2, 0) is 16.8 Å². The van der Waals surface area contributed by atoms with Gasteiger partial charge < -0.3 is 15.2 Å². The number of carboxylic acids is 1. The molecule has 2 aliphatic carbocycles. The first-order valence-corrected chi connectivity index (χ1v) is 11.4. The summed E-state index contributed by atoms with van der Waals surface area (Å²) in [5.74, 6) is -4.39. The first kappa shape index (κ1) is 24.7. The number of aromatic carboxylic acids is 1. The number of carboxylic acid groups (broad SMARTS) is 1. The maximum absolute atomic E-state index is 15.2. The van der Waals surface area contributed by atoms with Gasteiger partial charge in [0.25, 0.3) is 0 Å². The average molecular weight is 521 g/mol. The lowest BCUT2D eigenvalue weighted by Crippen LogP contribution is -2.29. The van der Waals surface area contributed by atoms with Crippen molar-refractivity contribution in [2.45, 2.75) is 44.0 Å². The van der Waals surface area contributed by atoms with E-state index in [2.05, 4.69) is 15.2 Å². The first-order valence-electron chi connectivity index (χ1n) is 11.4. The third-order valence-electron chi connectivity index (χ3n) is 6.52. The second kappa shape index (κ2) is 8.86. The Hall–Kier alpha value is -3.96. The van der Waals surface area contributed by atoms with Crippen LogP contribution in [0.25, 0.3) is 11.1 Å². The highest BCUT2D eigenvalue weighted by Crippen LogP contribution is 2.50. The number of halogens is 5. The van der Waals surface area contributed by atoms with Gasteiger partial charge in [-0.1, -0.05) is 6.07 Å². The van der Waals surface area contributed by atoms with Crippen molar-refractivity contribution in [3.8, 4) is 16.9 Å². The van der Waals surface area contributed by atoms with Crippen molar-refractivity contribution in [3.05, 3.63) is 65.5 Å². The van der Waals surface area contributed by atoms with Crippen LogP contribution in [0.1, 0.15) is 41.6 Å². The van der Waals surface area contributed by atoms with Crippen LogP contribution in [0.15, 0.2) is 42.7 Å². The number of hydrogen-bond acceptors (Lipinski definition) is 4. The number of benzene rings is 2. The van der Waals surface area contributed by atoms with Gasteiger partial charge in [-0.3, -0.25) is 9.48 Å². The van der Waals surface area contributed by atoms with E-state index in [-0.39, 0.29) is 35.2 Å². The number of aromatic nitrogens is 2. The molecule has 0 aliphatic heterocycles. The van der Waals surface area contributed by atoms with Gasteiger partial charge in [0, 0.05) is 41.2 Å². The van der Waals surface area contributed by atoms with Crippen molar-refractivity contribution >= 4 is 17.6 Å². The Morgan fingerprint density at radius 2 is 1.86 bits per heavy atom. The molecule has 1 amide bonds. The highest BCUT2D eigenvalue weighted by Gasteiger charge is 2.53. The third-order valence-corrected chi connectivity index (χ3v) is 6.52. The van der Waals surface area contributed by atoms with Crippen LogP contribution in [0.5, 0.6) is 5.75 Å². The fourth-order valence-electron chi connectivity index (χ4n) is 4.37. The highest BCUT2D eigenvalue weighted by atomic mass is 19.4. The van der Waals surface area contributed by atoms with Crippen LogP contribution in [0.4, 0.5) is 27.6 Å². The standard InChI is InChI=1S/C25H20F5N3O4/c26-19-9-16(37-25(28,29)30)3-4-18(19)24(5-6-24)23(36)32-15-7-17(22(34)35)21(20(27)8-15)14-10-31-33(12-14)11-13-1-2-13/h3-4,7-10,12-13H,1-2,5-6,11H2,(H,32,36)(H,34,35). The summed E-state index contributed by atoms with van der Waals surface area (Å²) in [6, 6.07) is 4.54. The van der Waals surface area contributed by atoms with E-state index in [0.717, 1.165) is 37.1 Å². The molecule has 37 heavy (non-hydrogen) atoms. The van der Waals surface area contributed by atoms with Gasteiger partial charge in [-0.05, 0) is 49.8 Å². The lowest BCUT2D eigenvalue weighted by molar-refractivity contribution is -0.274. The molecule has 0 unspecified atom stereocenters. The summed E-state index contributed by atoms with van der Waals surface area (Å²) in [6.07, 6.45) is 0.486. The zero-order chi connectivity index (χ0) is 26.5. The van der Waals surface area contributed by atoms with Gasteiger partial charge in [0.1, 0.15) is 17.4 Å². The predicted octanol–water partition coefficient (Wildman–Crippen LogP) is 5.51. The van der Waals surface area contributed by atoms with Crippen molar-refractivity contribution in [2.75, 3.05) is 5.32 Å². The summed E-state index contributed by atoms with van der Waals surface area (Å²) >= 11 is 0. The molecule has 2 saturated carbocycles. The average Bonchev–Trinajstić information content (AvgIpc) is 3.71. The van der Waals surface area contributed by atoms with Gasteiger partial charge in [-0.2, -0.15) is 5.10 Å². The number of hydrogen-bond donors (Lipinski definition) is 2. The van der Waals surface area contributed by atoms with E-state index in [9.17, 15) is 32.3 Å². The maximum atomic E-state index is 15.2. The van der Waals surface area contributed by atoms with Crippen LogP contribution in [0.2, 0.25) is 0 Å². The summed E-state index contributed by atoms with van der Waals surface area (Å²) in [7, 11) is 0. The zero-order valence-corrected chi connectivity index (χ0v) is 19.1. The predicted molar refractivity (Wildman–Crippen MR) is 120 cm³/mol. The Morgan fingerprint density at radius 1 is 1.14 bits per heavy atom. The Labute approximate surface area is 206 Å². The molecule has 1 heterocycles. The molecule has 2 fully saturated rings. The number of anilines is 1. The number of carbonyl (C=O) groups is 2. The minimum atomic E-state index is -5.00. The Balaban J connectivity index is 1.39. The molecule has 3 aromatic rings. The zero-order valence-electron chi connectivity index (χ0n) is 19.1. The van der Waals surface area contributed by atoms with Crippen molar-refractivity contribution in [1.29, 1.82) is 0 Å². The molecule has 7 nitrogen and oxygen atoms in total. The summed E-state index contributed by atoms with van der Waals surface area (Å²) in [6.45, 7) is 0.653. The van der Waals surface area contributed by atoms with E-state index >= 15 is 4.39 Å². The molecule has 0 spiro atoms. The first-order chi connectivity index (χ1) is 17.4. The van der Waals surface area contributed by atoms with Crippen molar-refractivity contribution < 1.29 is 41.4 Å². The molecule has 1 aromatic heterocycles. The summed E-state index contributed by atoms with van der Waals surface area (Å²) < 4.78 is 72.4. The van der Waals surface area contributed by atoms with E-state index in [0.29, 0.717) is 18.5 Å². The second-order valence-corrected chi connectivity index (χ2v) is 9.31. The molecule has 0 saturated heterocycles. The quantitative estimate of drug-likeness (QED) is 0.382. The van der Waals surface area contributed by atoms with Gasteiger partial charge in [0.05, 0.1) is 17.2 Å². The number of ether oxygens (including phenoxy) is 1. The molecule has 12 heteroatoms. The number of rotatable bonds is 8. The van der Waals surface area contributed by atoms with Crippen LogP contribution >= 0.6 is 0 Å². The number of alkyl halides is 3. The van der Waals surface area contributed by atoms with Crippen molar-refractivity contribution in [2.24, 2.45) is 5.92 Å². The number of amides is 1. The molecule has 194 valence electrons. The minimum absolute atomic E-state index is 0.141. The molecule has 0 radical (unpaired) electrons. The normalized spacial score (nSPS) is 16.4. The molecule has 0 bridgehead atoms. The largest absolute Gasteiger partial charge is 0.573 e. The molecule has 5 rings (SSSR count). The van der Waals surface area contributed by atoms with Gasteiger partial charge in [0.2, 0.25) is 5.91 Å². The van der Waals surface area contributed by atoms with Crippen molar-refractivity contribution in [3.63, 3.8) is 0 Å². The van der Waals surface area contributed by atoms with Gasteiger partial charge >= 0.3 is 12.3 Å². The monoisotopic (exact) mass is 521 g/mol. The van der Waals surface area contributed by atoms with E-state index in [1.54, 1.807) is 10.9 Å². The van der Waals surface area contributed by atoms with Crippen LogP contribution in [-0.4, -0.2) is 33.1 Å². The Morgan fingerprint density at radius 3 is 2.46 bits per heavy atom. The Bertz CT molecular complexity index is 1390. The van der Waals surface area contributed by atoms with E-state index in [1.807, 2.05) is 0 Å². The smallest absolute Gasteiger partial charge is 0.478 e. The van der Waals surface area contributed by atoms with E-state index in [4.69, 9.17) is 0 Å². The molecule has 0 atom stereocenters. The van der Waals surface area contributed by atoms with Crippen LogP contribution in [0.3, 0.4) is 0 Å². The number of nitrogens with one attached hydrogen (secondary N) is 1. The van der Waals surface area contributed by atoms with Crippen molar-refractivity contribution in [1.82, 2.24) is 9.78 Å². The third kappa shape index (κ3) is 5.13. The molecule has 2 aliphatic rings. The van der Waals surface area contributed by atoms with Gasteiger partial charge in [0.15, 0.2) is 0 Å². The van der Waals surface area contributed by atoms with Gasteiger partial charge in [-0.15, -0.1) is 13.2 Å². The van der Waals surface area contributed by atoms with E-state index in [1.165, 1.54) is 6.20 Å². The fourth-order valence-corrected chi connectivity index (χ4v) is 4.37. The topological polar surface area (TPSA) is 93.5 Å². The molecule has 2 N–H and O–H groups in total. The molecular formula is C25H20F5N3O4. The fraction of sp³-hybridized carbons (Fsp3) is 0.320. The second-order valence-electron chi connectivity index (χ2n) is 9.31. The summed E-state index contributed by atoms with van der Waals surface area (Å²) in [5, 5.41) is 16.3. The Kier molecular flexibility index (Phi) is 5.92. The number of nitrogens with zero attached hydrogens (tertiary/aromatic N) is 2. The van der Waals surface area contributed by atoms with Gasteiger partial charge in [-0.25, -0.2) is 13.6 Å². The van der Waals surface area contributed by atoms with Crippen LogP contribution < -0.4 is 10.1 Å². The lowest BCUT2D eigenvalue weighted by atomic mass is 9.93. The summed E-state index contributed by atoms with van der Waals surface area (Å²) in [4.78, 5) is 25.0. The molecule has 2 aromatic carbocycles. The minimum Gasteiger partial charge on any atom is -0.478 e. The maximum Gasteiger partial charge on any atom is 0.573 e. The summed E-state index contributed by atoms with van der Waals surface area (Å²) in [5.41, 5.74) is -1.99. The highest BCUT2D eigenvalue weighted by molar-refractivity contribution is 6.03. The lowest BCUT2D eigenvalue weighted by Gasteiger charge is -2.18. The molecular weight excluding hydrogens is 501 g/mol. The number of carbonyl (C=O) groups excluding carboxylic acids is 1. The van der Waals surface area contributed by atoms with E-state index < -0.39 is 46.6 Å².